The summed E-state index contributed by atoms with van der Waals surface area (Å²) in [7, 11) is -2.91. The first-order valence-electron chi connectivity index (χ1n) is 17.8. The second kappa shape index (κ2) is 25.4. The Morgan fingerprint density at radius 1 is 0.816 bits per heavy atom. The van der Waals surface area contributed by atoms with Crippen LogP contribution in [0.3, 0.4) is 0 Å². The maximum atomic E-state index is 13.9. The van der Waals surface area contributed by atoms with E-state index in [2.05, 4.69) is 6.92 Å². The molecule has 0 aliphatic heterocycles. The minimum absolute atomic E-state index is 0.0908. The number of halogens is 1. The number of phosphoric acid groups is 1. The van der Waals surface area contributed by atoms with Crippen LogP contribution < -0.4 is 10.3 Å². The van der Waals surface area contributed by atoms with Gasteiger partial charge in [-0.1, -0.05) is 132 Å². The van der Waals surface area contributed by atoms with E-state index in [-0.39, 0.29) is 24.0 Å². The summed E-state index contributed by atoms with van der Waals surface area (Å²) in [5.41, 5.74) is 6.95. The van der Waals surface area contributed by atoms with Crippen LogP contribution in [0.5, 0.6) is 5.75 Å². The van der Waals surface area contributed by atoms with Crippen molar-refractivity contribution in [1.82, 2.24) is 0 Å². The highest BCUT2D eigenvalue weighted by atomic mass is 35.5. The van der Waals surface area contributed by atoms with Crippen LogP contribution >= 0.6 is 19.4 Å². The molecule has 1 unspecified atom stereocenters. The summed E-state index contributed by atoms with van der Waals surface area (Å²) in [4.78, 5) is 0. The highest BCUT2D eigenvalue weighted by Crippen LogP contribution is 2.51. The van der Waals surface area contributed by atoms with Crippen molar-refractivity contribution in [3.8, 4) is 5.75 Å². The first kappa shape index (κ1) is 43.6. The van der Waals surface area contributed by atoms with Gasteiger partial charge in [0.25, 0.3) is 0 Å². The largest absolute Gasteiger partial charge is 0.530 e. The number of nitrogens with two attached hydrogens (primary N) is 1. The summed E-state index contributed by atoms with van der Waals surface area (Å²) >= 11 is 6.28. The van der Waals surface area contributed by atoms with Crippen LogP contribution in [0.25, 0.3) is 0 Å². The molecule has 2 aromatic rings. The molecule has 2 aromatic carbocycles. The lowest BCUT2D eigenvalue weighted by Gasteiger charge is -2.30. The van der Waals surface area contributed by atoms with Crippen molar-refractivity contribution in [3.63, 3.8) is 0 Å². The topological polar surface area (TPSA) is 128 Å². The normalized spacial score (nSPS) is 15.1. The van der Waals surface area contributed by atoms with Crippen LogP contribution in [0, 0.1) is 0 Å². The first-order chi connectivity index (χ1) is 23.6. The van der Waals surface area contributed by atoms with Gasteiger partial charge >= 0.3 is 7.82 Å². The fourth-order valence-electron chi connectivity index (χ4n) is 4.81. The SMILES string of the molecule is CCCCCCCCCCCCCCOC[C@H](COP(=O)(OC[C@@H](O)[C@H](N)OC(C)(C)OC)Oc1ccccc1Cl)OCc1ccccc1. The van der Waals surface area contributed by atoms with Crippen LogP contribution in [0.2, 0.25) is 5.02 Å². The van der Waals surface area contributed by atoms with Gasteiger partial charge in [-0.2, -0.15) is 0 Å². The molecule has 49 heavy (non-hydrogen) atoms. The van der Waals surface area contributed by atoms with Gasteiger partial charge in [-0.05, 0) is 38.0 Å². The zero-order valence-electron chi connectivity index (χ0n) is 30.1. The third kappa shape index (κ3) is 20.2. The lowest BCUT2D eigenvalue weighted by Crippen LogP contribution is -2.46. The average molecular weight is 730 g/mol. The molecule has 0 aromatic heterocycles. The molecular weight excluding hydrogens is 669 g/mol. The van der Waals surface area contributed by atoms with Crippen molar-refractivity contribution in [3.05, 3.63) is 65.2 Å². The van der Waals surface area contributed by atoms with Gasteiger partial charge in [0.1, 0.15) is 24.2 Å². The molecule has 0 heterocycles. The molecule has 10 nitrogen and oxygen atoms in total. The number of hydrogen-bond donors (Lipinski definition) is 2. The second-order valence-electron chi connectivity index (χ2n) is 12.7. The maximum absolute atomic E-state index is 13.9. The van der Waals surface area contributed by atoms with Crippen molar-refractivity contribution in [2.24, 2.45) is 5.73 Å². The number of ether oxygens (including phenoxy) is 4. The van der Waals surface area contributed by atoms with Crippen LogP contribution in [-0.2, 0) is 39.2 Å². The highest BCUT2D eigenvalue weighted by molar-refractivity contribution is 7.48. The molecule has 0 aliphatic carbocycles. The van der Waals surface area contributed by atoms with E-state index < -0.39 is 38.7 Å². The van der Waals surface area contributed by atoms with E-state index in [9.17, 15) is 9.67 Å². The number of hydrogen-bond acceptors (Lipinski definition) is 10. The fraction of sp³-hybridized carbons (Fsp3) is 0.676. The Morgan fingerprint density at radius 2 is 1.39 bits per heavy atom. The quantitative estimate of drug-likeness (QED) is 0.0456. The number of phosphoric ester groups is 1. The molecule has 0 saturated heterocycles. The second-order valence-corrected chi connectivity index (χ2v) is 14.7. The van der Waals surface area contributed by atoms with E-state index in [4.69, 9.17) is 49.9 Å². The standard InChI is InChI=1S/C37H61ClNO9P/c1-5-6-7-8-9-10-11-12-13-14-15-21-26-43-28-32(44-27-31-22-17-16-18-23-31)29-45-49(41,48-35-25-20-19-24-33(35)38)46-30-34(40)36(39)47-37(2,3)42-4/h16-20,22-25,32,34,36,40H,5-15,21,26-30,39H2,1-4H3/t32-,34-,36-,49?/m1/s1. The molecule has 12 heteroatoms. The Morgan fingerprint density at radius 3 is 2.00 bits per heavy atom. The molecular formula is C37H61ClNO9P. The van der Waals surface area contributed by atoms with Gasteiger partial charge in [0.2, 0.25) is 0 Å². The number of rotatable bonds is 30. The molecule has 0 saturated carbocycles. The van der Waals surface area contributed by atoms with Gasteiger partial charge < -0.3 is 34.3 Å². The number of methoxy groups -OCH3 is 1. The van der Waals surface area contributed by atoms with Gasteiger partial charge in [-0.15, -0.1) is 0 Å². The molecule has 3 N–H and O–H groups in total. The predicted octanol–water partition coefficient (Wildman–Crippen LogP) is 9.21. The van der Waals surface area contributed by atoms with Crippen molar-refractivity contribution in [2.75, 3.05) is 33.5 Å². The summed E-state index contributed by atoms with van der Waals surface area (Å²) < 4.78 is 53.8. The molecule has 0 aliphatic rings. The zero-order chi connectivity index (χ0) is 35.8. The minimum atomic E-state index is -4.37. The van der Waals surface area contributed by atoms with Gasteiger partial charge in [0, 0.05) is 13.7 Å². The molecule has 280 valence electrons. The zero-order valence-corrected chi connectivity index (χ0v) is 31.7. The van der Waals surface area contributed by atoms with Crippen LogP contribution in [0.15, 0.2) is 54.6 Å². The average Bonchev–Trinajstić information content (AvgIpc) is 3.09. The highest BCUT2D eigenvalue weighted by Gasteiger charge is 2.34. The van der Waals surface area contributed by atoms with Gasteiger partial charge in [0.15, 0.2) is 5.79 Å². The van der Waals surface area contributed by atoms with Crippen molar-refractivity contribution in [1.29, 1.82) is 0 Å². The summed E-state index contributed by atoms with van der Waals surface area (Å²) in [5.74, 6) is -0.974. The Balaban J connectivity index is 1.92. The third-order valence-corrected chi connectivity index (χ3v) is 9.60. The number of unbranched alkanes of at least 4 members (excludes halogenated alkanes) is 11. The lowest BCUT2D eigenvalue weighted by molar-refractivity contribution is -0.240. The molecule has 0 bridgehead atoms. The third-order valence-electron chi connectivity index (χ3n) is 7.93. The smallest absolute Gasteiger partial charge is 0.402 e. The Bertz CT molecular complexity index is 1160. The van der Waals surface area contributed by atoms with Crippen LogP contribution in [-0.4, -0.2) is 62.9 Å². The van der Waals surface area contributed by atoms with E-state index in [1.54, 1.807) is 32.0 Å². The maximum Gasteiger partial charge on any atom is 0.530 e. The van der Waals surface area contributed by atoms with E-state index in [0.717, 1.165) is 18.4 Å². The van der Waals surface area contributed by atoms with Gasteiger partial charge in [-0.3, -0.25) is 9.05 Å². The minimum Gasteiger partial charge on any atom is -0.402 e. The molecule has 0 radical (unpaired) electrons. The summed E-state index contributed by atoms with van der Waals surface area (Å²) in [6, 6.07) is 16.2. The molecule has 4 atom stereocenters. The Hall–Kier alpha value is -1.56. The van der Waals surface area contributed by atoms with Crippen molar-refractivity contribution >= 4 is 19.4 Å². The Kier molecular flexibility index (Phi) is 22.6. The number of aliphatic hydroxyl groups excluding tert-OH is 1. The Labute approximate surface area is 299 Å². The van der Waals surface area contributed by atoms with Crippen LogP contribution in [0.4, 0.5) is 0 Å². The monoisotopic (exact) mass is 729 g/mol. The first-order valence-corrected chi connectivity index (χ1v) is 19.6. The van der Waals surface area contributed by atoms with E-state index >= 15 is 0 Å². The van der Waals surface area contributed by atoms with Crippen molar-refractivity contribution < 1.29 is 42.2 Å². The predicted molar refractivity (Wildman–Crippen MR) is 195 cm³/mol. The lowest BCUT2D eigenvalue weighted by atomic mass is 10.1. The van der Waals surface area contributed by atoms with E-state index in [1.165, 1.54) is 77.4 Å². The number of benzene rings is 2. The summed E-state index contributed by atoms with van der Waals surface area (Å²) in [5, 5.41) is 10.8. The van der Waals surface area contributed by atoms with Crippen molar-refractivity contribution in [2.45, 2.75) is 129 Å². The summed E-state index contributed by atoms with van der Waals surface area (Å²) in [6.07, 6.45) is 12.0. The number of para-hydroxylation sites is 1. The molecule has 0 amide bonds. The summed E-state index contributed by atoms with van der Waals surface area (Å²) in [6.45, 7) is 5.93. The number of aliphatic hydroxyl groups is 1. The van der Waals surface area contributed by atoms with Gasteiger partial charge in [0.05, 0.1) is 31.5 Å². The molecule has 2 rings (SSSR count). The van der Waals surface area contributed by atoms with Crippen LogP contribution in [0.1, 0.15) is 103 Å². The fourth-order valence-corrected chi connectivity index (χ4v) is 6.31. The molecule has 0 spiro atoms. The van der Waals surface area contributed by atoms with Gasteiger partial charge in [-0.25, -0.2) is 4.57 Å². The van der Waals surface area contributed by atoms with E-state index in [1.807, 2.05) is 30.3 Å². The molecule has 0 fully saturated rings. The van der Waals surface area contributed by atoms with E-state index in [0.29, 0.717) is 13.2 Å².